The number of carbonyl (C=O) groups is 2. The van der Waals surface area contributed by atoms with Gasteiger partial charge in [0.25, 0.3) is 0 Å². The first-order valence-corrected chi connectivity index (χ1v) is 12.9. The number of ether oxygens (including phenoxy) is 3. The summed E-state index contributed by atoms with van der Waals surface area (Å²) in [5, 5.41) is 10.4. The Balaban J connectivity index is 1.66. The lowest BCUT2D eigenvalue weighted by atomic mass is 9.83. The van der Waals surface area contributed by atoms with Gasteiger partial charge in [0.05, 0.1) is 19.6 Å². The molecular weight excluding hydrogens is 474 g/mol. The van der Waals surface area contributed by atoms with Crippen LogP contribution in [0.5, 0.6) is 17.2 Å². The molecule has 2 aromatic rings. The monoisotopic (exact) mass is 511 g/mol. The van der Waals surface area contributed by atoms with E-state index in [1.807, 2.05) is 47.4 Å². The van der Waals surface area contributed by atoms with Gasteiger partial charge in [-0.25, -0.2) is 0 Å². The summed E-state index contributed by atoms with van der Waals surface area (Å²) in [4.78, 5) is 30.0. The number of carboxylic acid groups (broad SMARTS) is 1. The van der Waals surface area contributed by atoms with Crippen molar-refractivity contribution >= 4 is 11.9 Å². The first-order chi connectivity index (χ1) is 18.0. The zero-order valence-corrected chi connectivity index (χ0v) is 21.6. The molecule has 2 aliphatic heterocycles. The number of carbonyl (C=O) groups excluding carboxylic acids is 1. The summed E-state index contributed by atoms with van der Waals surface area (Å²) in [6, 6.07) is 12.8. The molecular formula is C28H37N3O6. The minimum atomic E-state index is -0.887. The van der Waals surface area contributed by atoms with Crippen LogP contribution in [0.4, 0.5) is 0 Å². The van der Waals surface area contributed by atoms with Gasteiger partial charge in [0.1, 0.15) is 5.75 Å². The molecule has 0 bridgehead atoms. The van der Waals surface area contributed by atoms with Crippen LogP contribution in [0.3, 0.4) is 0 Å². The van der Waals surface area contributed by atoms with Crippen LogP contribution in [0.15, 0.2) is 42.5 Å². The van der Waals surface area contributed by atoms with Gasteiger partial charge in [0.15, 0.2) is 11.5 Å². The summed E-state index contributed by atoms with van der Waals surface area (Å²) < 4.78 is 16.6. The van der Waals surface area contributed by atoms with Crippen LogP contribution in [-0.4, -0.2) is 79.5 Å². The standard InChI is InChI=1S/C28H37N3O6/c1-3-4-12-30(13-11-29)26(32)17-31-16-21(19-9-10-24-25(15-19)37-18-36-24)27(28(33)34)22(31)14-20-7-5-6-8-23(20)35-2/h5-10,15,21-22,27H,3-4,11-14,16-18,29H2,1-2H3,(H,33,34)/t21-,22+,27-/m1/s1. The van der Waals surface area contributed by atoms with Gasteiger partial charge in [0.2, 0.25) is 12.7 Å². The van der Waals surface area contributed by atoms with Gasteiger partial charge in [-0.05, 0) is 42.2 Å². The van der Waals surface area contributed by atoms with E-state index < -0.39 is 17.9 Å². The van der Waals surface area contributed by atoms with Crippen molar-refractivity contribution in [2.75, 3.05) is 46.6 Å². The van der Waals surface area contributed by atoms with Crippen molar-refractivity contribution in [3.05, 3.63) is 53.6 Å². The van der Waals surface area contributed by atoms with Gasteiger partial charge in [-0.3, -0.25) is 14.5 Å². The van der Waals surface area contributed by atoms with Gasteiger partial charge in [-0.15, -0.1) is 0 Å². The molecule has 1 fully saturated rings. The molecule has 200 valence electrons. The maximum atomic E-state index is 13.4. The molecule has 37 heavy (non-hydrogen) atoms. The summed E-state index contributed by atoms with van der Waals surface area (Å²) in [7, 11) is 1.61. The van der Waals surface area contributed by atoms with Crippen molar-refractivity contribution in [3.63, 3.8) is 0 Å². The fraction of sp³-hybridized carbons (Fsp3) is 0.500. The first kappa shape index (κ1) is 26.8. The highest BCUT2D eigenvalue weighted by Gasteiger charge is 2.47. The summed E-state index contributed by atoms with van der Waals surface area (Å²) >= 11 is 0. The molecule has 1 saturated heterocycles. The highest BCUT2D eigenvalue weighted by Crippen LogP contribution is 2.43. The number of fused-ring (bicyclic) bond motifs is 1. The van der Waals surface area contributed by atoms with E-state index in [4.69, 9.17) is 19.9 Å². The van der Waals surface area contributed by atoms with Crippen molar-refractivity contribution in [1.29, 1.82) is 0 Å². The summed E-state index contributed by atoms with van der Waals surface area (Å²) in [6.07, 6.45) is 2.32. The molecule has 2 aliphatic rings. The number of benzene rings is 2. The SMILES string of the molecule is CCCCN(CCN)C(=O)CN1C[C@H](c2ccc3c(c2)OCO3)[C@@H](C(=O)O)[C@@H]1Cc1ccccc1OC. The summed E-state index contributed by atoms with van der Waals surface area (Å²) in [5.74, 6) is 0.0133. The second-order valence-electron chi connectivity index (χ2n) is 9.62. The number of nitrogens with two attached hydrogens (primary N) is 1. The molecule has 9 nitrogen and oxygen atoms in total. The molecule has 3 N–H and O–H groups in total. The fourth-order valence-corrected chi connectivity index (χ4v) is 5.46. The second kappa shape index (κ2) is 12.3. The average molecular weight is 512 g/mol. The number of carboxylic acids is 1. The number of hydrogen-bond donors (Lipinski definition) is 2. The lowest BCUT2D eigenvalue weighted by Crippen LogP contribution is -2.46. The number of likely N-dealkylation sites (tertiary alicyclic amines) is 1. The van der Waals surface area contributed by atoms with Crippen molar-refractivity contribution in [1.82, 2.24) is 9.80 Å². The van der Waals surface area contributed by atoms with E-state index in [1.165, 1.54) is 0 Å². The maximum Gasteiger partial charge on any atom is 0.308 e. The molecule has 1 amide bonds. The molecule has 0 aliphatic carbocycles. The second-order valence-corrected chi connectivity index (χ2v) is 9.62. The minimum absolute atomic E-state index is 0.0283. The summed E-state index contributed by atoms with van der Waals surface area (Å²) in [6.45, 7) is 4.32. The predicted octanol–water partition coefficient (Wildman–Crippen LogP) is 2.72. The lowest BCUT2D eigenvalue weighted by Gasteiger charge is -2.30. The molecule has 0 radical (unpaired) electrons. The van der Waals surface area contributed by atoms with E-state index in [-0.39, 0.29) is 25.2 Å². The molecule has 4 rings (SSSR count). The molecule has 2 aromatic carbocycles. The fourth-order valence-electron chi connectivity index (χ4n) is 5.46. The number of unbranched alkanes of at least 4 members (excludes halogenated alkanes) is 1. The highest BCUT2D eigenvalue weighted by molar-refractivity contribution is 5.79. The van der Waals surface area contributed by atoms with Gasteiger partial charge in [-0.2, -0.15) is 0 Å². The molecule has 0 aromatic heterocycles. The Morgan fingerprint density at radius 1 is 1.16 bits per heavy atom. The van der Waals surface area contributed by atoms with Gasteiger partial charge in [-0.1, -0.05) is 37.6 Å². The Morgan fingerprint density at radius 2 is 1.95 bits per heavy atom. The van der Waals surface area contributed by atoms with Crippen molar-refractivity contribution in [2.24, 2.45) is 11.7 Å². The lowest BCUT2D eigenvalue weighted by molar-refractivity contribution is -0.143. The van der Waals surface area contributed by atoms with E-state index >= 15 is 0 Å². The smallest absolute Gasteiger partial charge is 0.308 e. The van der Waals surface area contributed by atoms with Gasteiger partial charge in [0, 0.05) is 38.1 Å². The third-order valence-corrected chi connectivity index (χ3v) is 7.35. The van der Waals surface area contributed by atoms with E-state index in [2.05, 4.69) is 6.92 Å². The zero-order chi connectivity index (χ0) is 26.4. The Morgan fingerprint density at radius 3 is 2.68 bits per heavy atom. The minimum Gasteiger partial charge on any atom is -0.496 e. The Bertz CT molecular complexity index is 1090. The van der Waals surface area contributed by atoms with E-state index in [0.29, 0.717) is 49.8 Å². The molecule has 9 heteroatoms. The van der Waals surface area contributed by atoms with Crippen LogP contribution >= 0.6 is 0 Å². The number of aliphatic carboxylic acids is 1. The zero-order valence-electron chi connectivity index (χ0n) is 21.6. The van der Waals surface area contributed by atoms with Crippen molar-refractivity contribution < 1.29 is 28.9 Å². The van der Waals surface area contributed by atoms with Crippen molar-refractivity contribution in [2.45, 2.75) is 38.1 Å². The Hall–Kier alpha value is -3.30. The van der Waals surface area contributed by atoms with Gasteiger partial charge >= 0.3 is 5.97 Å². The number of para-hydroxylation sites is 1. The highest BCUT2D eigenvalue weighted by atomic mass is 16.7. The topological polar surface area (TPSA) is 115 Å². The third kappa shape index (κ3) is 5.99. The van der Waals surface area contributed by atoms with E-state index in [9.17, 15) is 14.7 Å². The molecule has 0 saturated carbocycles. The van der Waals surface area contributed by atoms with E-state index in [0.717, 1.165) is 24.0 Å². The number of amides is 1. The number of methoxy groups -OCH3 is 1. The summed E-state index contributed by atoms with van der Waals surface area (Å²) in [5.41, 5.74) is 7.57. The third-order valence-electron chi connectivity index (χ3n) is 7.35. The Labute approximate surface area is 218 Å². The largest absolute Gasteiger partial charge is 0.496 e. The van der Waals surface area contributed by atoms with Crippen LogP contribution in [0.2, 0.25) is 0 Å². The number of rotatable bonds is 12. The van der Waals surface area contributed by atoms with Crippen LogP contribution in [0.1, 0.15) is 36.8 Å². The van der Waals surface area contributed by atoms with Crippen LogP contribution < -0.4 is 19.9 Å². The number of hydrogen-bond acceptors (Lipinski definition) is 7. The Kier molecular flexibility index (Phi) is 8.89. The quantitative estimate of drug-likeness (QED) is 0.447. The molecule has 3 atom stereocenters. The normalized spacial score (nSPS) is 20.7. The average Bonchev–Trinajstić information content (AvgIpc) is 3.51. The number of nitrogens with zero attached hydrogens (tertiary/aromatic N) is 2. The predicted molar refractivity (Wildman–Crippen MR) is 139 cm³/mol. The van der Waals surface area contributed by atoms with Gasteiger partial charge < -0.3 is 30.0 Å². The molecule has 2 heterocycles. The van der Waals surface area contributed by atoms with Crippen LogP contribution in [0.25, 0.3) is 0 Å². The first-order valence-electron chi connectivity index (χ1n) is 12.9. The molecule has 0 unspecified atom stereocenters. The van der Waals surface area contributed by atoms with Crippen molar-refractivity contribution in [3.8, 4) is 17.2 Å². The molecule has 0 spiro atoms. The van der Waals surface area contributed by atoms with E-state index in [1.54, 1.807) is 12.0 Å². The van der Waals surface area contributed by atoms with Crippen LogP contribution in [-0.2, 0) is 16.0 Å². The maximum absolute atomic E-state index is 13.4. The van der Waals surface area contributed by atoms with Crippen LogP contribution in [0, 0.1) is 5.92 Å².